The zero-order chi connectivity index (χ0) is 24.6. The average Bonchev–Trinajstić information content (AvgIpc) is 2.91. The summed E-state index contributed by atoms with van der Waals surface area (Å²) in [6, 6.07) is 13.1. The third-order valence-corrected chi connectivity index (χ3v) is 7.97. The minimum absolute atomic E-state index is 0.655. The summed E-state index contributed by atoms with van der Waals surface area (Å²) in [5.74, 6) is 2.59. The summed E-state index contributed by atoms with van der Waals surface area (Å²) in [4.78, 5) is 4.89. The van der Waals surface area contributed by atoms with Gasteiger partial charge in [-0.1, -0.05) is 109 Å². The van der Waals surface area contributed by atoms with Crippen LogP contribution in [0.3, 0.4) is 0 Å². The van der Waals surface area contributed by atoms with Crippen LogP contribution in [-0.2, 0) is 0 Å². The largest absolute Gasteiger partial charge is 0.494 e. The van der Waals surface area contributed by atoms with Gasteiger partial charge in [0, 0.05) is 23.4 Å². The quantitative estimate of drug-likeness (QED) is 0.211. The van der Waals surface area contributed by atoms with Gasteiger partial charge in [-0.25, -0.2) is 0 Å². The molecule has 1 fully saturated rings. The highest BCUT2D eigenvalue weighted by Crippen LogP contribution is 2.37. The van der Waals surface area contributed by atoms with E-state index in [1.165, 1.54) is 120 Å². The van der Waals surface area contributed by atoms with Crippen LogP contribution in [-0.4, -0.2) is 11.6 Å². The third-order valence-electron chi connectivity index (χ3n) is 7.97. The second-order valence-corrected chi connectivity index (χ2v) is 10.9. The first-order valence-electron chi connectivity index (χ1n) is 15.0. The van der Waals surface area contributed by atoms with Crippen molar-refractivity contribution in [2.45, 2.75) is 129 Å². The van der Waals surface area contributed by atoms with Crippen LogP contribution in [0.15, 0.2) is 42.6 Å². The van der Waals surface area contributed by atoms with Crippen molar-refractivity contribution in [1.82, 2.24) is 4.98 Å². The second kappa shape index (κ2) is 16.8. The van der Waals surface area contributed by atoms with Crippen LogP contribution in [0.25, 0.3) is 11.1 Å². The molecule has 0 aliphatic heterocycles. The molecule has 2 heteroatoms. The van der Waals surface area contributed by atoms with Crippen molar-refractivity contribution >= 4 is 0 Å². The number of benzene rings is 1. The molecule has 0 saturated heterocycles. The van der Waals surface area contributed by atoms with Gasteiger partial charge in [-0.15, -0.1) is 0 Å². The summed E-state index contributed by atoms with van der Waals surface area (Å²) in [7, 11) is 0. The maximum absolute atomic E-state index is 5.94. The molecule has 0 atom stereocenters. The maximum Gasteiger partial charge on any atom is 0.119 e. The number of aromatic nitrogens is 1. The van der Waals surface area contributed by atoms with Gasteiger partial charge in [-0.2, -0.15) is 0 Å². The molecule has 1 aromatic heterocycles. The van der Waals surface area contributed by atoms with Crippen LogP contribution in [0, 0.1) is 5.92 Å². The van der Waals surface area contributed by atoms with E-state index in [4.69, 9.17) is 9.72 Å². The lowest BCUT2D eigenvalue weighted by atomic mass is 9.78. The number of unbranched alkanes of at least 4 members (excludes halogenated alkanes) is 10. The van der Waals surface area contributed by atoms with Gasteiger partial charge in [-0.05, 0) is 61.8 Å². The molecule has 0 radical (unpaired) electrons. The van der Waals surface area contributed by atoms with Gasteiger partial charge in [-0.3, -0.25) is 4.98 Å². The maximum atomic E-state index is 5.94. The molecule has 1 aliphatic carbocycles. The van der Waals surface area contributed by atoms with Crippen molar-refractivity contribution in [2.24, 2.45) is 5.92 Å². The van der Waals surface area contributed by atoms with E-state index in [2.05, 4.69) is 56.4 Å². The highest BCUT2D eigenvalue weighted by Gasteiger charge is 2.23. The lowest BCUT2D eigenvalue weighted by molar-refractivity contribution is 0.299. The second-order valence-electron chi connectivity index (χ2n) is 10.9. The number of pyridine rings is 1. The highest BCUT2D eigenvalue weighted by atomic mass is 16.5. The summed E-state index contributed by atoms with van der Waals surface area (Å²) < 4.78 is 5.94. The Bertz CT molecular complexity index is 774. The van der Waals surface area contributed by atoms with Crippen LogP contribution >= 0.6 is 0 Å². The van der Waals surface area contributed by atoms with Crippen LogP contribution in [0.4, 0.5) is 0 Å². The standard InChI is InChI=1S/C33H51NO/c1-3-5-7-9-11-13-15-28-16-18-30(19-17-28)33-25-22-31(27-34-33)29-20-23-32(24-21-29)35-26-14-12-10-8-6-4-2/h20-25,27-28,30H,3-19,26H2,1-2H3/t28-,30-. The van der Waals surface area contributed by atoms with Gasteiger partial charge in [0.2, 0.25) is 0 Å². The van der Waals surface area contributed by atoms with Crippen molar-refractivity contribution in [1.29, 1.82) is 0 Å². The van der Waals surface area contributed by atoms with E-state index in [0.29, 0.717) is 5.92 Å². The SMILES string of the molecule is CCCCCCCCOc1ccc(-c2ccc([C@H]3CC[C@H](CCCCCCCC)CC3)nc2)cc1. The number of ether oxygens (including phenoxy) is 1. The van der Waals surface area contributed by atoms with Crippen molar-refractivity contribution < 1.29 is 4.74 Å². The van der Waals surface area contributed by atoms with Gasteiger partial charge in [0.15, 0.2) is 0 Å². The minimum atomic E-state index is 0.655. The first-order valence-corrected chi connectivity index (χ1v) is 15.0. The Balaban J connectivity index is 1.35. The van der Waals surface area contributed by atoms with Gasteiger partial charge >= 0.3 is 0 Å². The molecule has 1 heterocycles. The Hall–Kier alpha value is -1.83. The molecule has 0 spiro atoms. The van der Waals surface area contributed by atoms with E-state index in [9.17, 15) is 0 Å². The van der Waals surface area contributed by atoms with E-state index in [0.717, 1.165) is 24.7 Å². The molecule has 0 bridgehead atoms. The molecule has 35 heavy (non-hydrogen) atoms. The smallest absolute Gasteiger partial charge is 0.119 e. The zero-order valence-electron chi connectivity index (χ0n) is 22.8. The molecule has 0 amide bonds. The fraction of sp³-hybridized carbons (Fsp3) is 0.667. The monoisotopic (exact) mass is 477 g/mol. The fourth-order valence-corrected chi connectivity index (χ4v) is 5.59. The van der Waals surface area contributed by atoms with Crippen molar-refractivity contribution in [3.05, 3.63) is 48.3 Å². The fourth-order valence-electron chi connectivity index (χ4n) is 5.59. The van der Waals surface area contributed by atoms with E-state index in [1.54, 1.807) is 0 Å². The summed E-state index contributed by atoms with van der Waals surface area (Å²) in [6.45, 7) is 5.38. The average molecular weight is 478 g/mol. The Labute approximate surface area is 216 Å². The normalized spacial score (nSPS) is 18.0. The zero-order valence-corrected chi connectivity index (χ0v) is 22.8. The van der Waals surface area contributed by atoms with Crippen LogP contribution in [0.5, 0.6) is 5.75 Å². The molecule has 0 N–H and O–H groups in total. The van der Waals surface area contributed by atoms with E-state index in [-0.39, 0.29) is 0 Å². The Morgan fingerprint density at radius 1 is 0.657 bits per heavy atom. The van der Waals surface area contributed by atoms with Crippen LogP contribution in [0.1, 0.15) is 135 Å². The molecule has 2 nitrogen and oxygen atoms in total. The molecule has 0 unspecified atom stereocenters. The van der Waals surface area contributed by atoms with Gasteiger partial charge in [0.1, 0.15) is 5.75 Å². The number of nitrogens with zero attached hydrogens (tertiary/aromatic N) is 1. The summed E-state index contributed by atoms with van der Waals surface area (Å²) in [5.41, 5.74) is 3.72. The molecule has 2 aromatic rings. The van der Waals surface area contributed by atoms with Crippen LogP contribution in [0.2, 0.25) is 0 Å². The molecule has 3 rings (SSSR count). The molecule has 1 saturated carbocycles. The van der Waals surface area contributed by atoms with Crippen molar-refractivity contribution in [3.63, 3.8) is 0 Å². The van der Waals surface area contributed by atoms with Crippen molar-refractivity contribution in [3.8, 4) is 16.9 Å². The van der Waals surface area contributed by atoms with E-state index in [1.807, 2.05) is 0 Å². The number of hydrogen-bond donors (Lipinski definition) is 0. The third kappa shape index (κ3) is 10.4. The molecule has 194 valence electrons. The number of rotatable bonds is 17. The van der Waals surface area contributed by atoms with Crippen molar-refractivity contribution in [2.75, 3.05) is 6.61 Å². The minimum Gasteiger partial charge on any atom is -0.494 e. The Morgan fingerprint density at radius 3 is 1.89 bits per heavy atom. The molecular formula is C33H51NO. The predicted octanol–water partition coefficient (Wildman–Crippen LogP) is 10.5. The lowest BCUT2D eigenvalue weighted by Gasteiger charge is -2.28. The Morgan fingerprint density at radius 2 is 1.26 bits per heavy atom. The highest BCUT2D eigenvalue weighted by molar-refractivity contribution is 5.63. The number of hydrogen-bond acceptors (Lipinski definition) is 2. The van der Waals surface area contributed by atoms with Gasteiger partial charge < -0.3 is 4.74 Å². The lowest BCUT2D eigenvalue weighted by Crippen LogP contribution is -2.14. The van der Waals surface area contributed by atoms with E-state index >= 15 is 0 Å². The Kier molecular flexibility index (Phi) is 13.3. The summed E-state index contributed by atoms with van der Waals surface area (Å²) in [5, 5.41) is 0. The first-order chi connectivity index (χ1) is 17.3. The predicted molar refractivity (Wildman–Crippen MR) is 151 cm³/mol. The topological polar surface area (TPSA) is 22.1 Å². The van der Waals surface area contributed by atoms with Gasteiger partial charge in [0.25, 0.3) is 0 Å². The summed E-state index contributed by atoms with van der Waals surface area (Å²) in [6.07, 6.45) is 25.2. The molecule has 1 aliphatic rings. The molecular weight excluding hydrogens is 426 g/mol. The van der Waals surface area contributed by atoms with Crippen LogP contribution < -0.4 is 4.74 Å². The van der Waals surface area contributed by atoms with Gasteiger partial charge in [0.05, 0.1) is 6.61 Å². The molecule has 1 aromatic carbocycles. The summed E-state index contributed by atoms with van der Waals surface area (Å²) >= 11 is 0. The van der Waals surface area contributed by atoms with E-state index < -0.39 is 0 Å². The first kappa shape index (κ1) is 27.8.